The first-order valence-corrected chi connectivity index (χ1v) is 14.0. The van der Waals surface area contributed by atoms with E-state index in [0.717, 1.165) is 34.0 Å². The molecule has 6 rings (SSSR count). The van der Waals surface area contributed by atoms with Crippen molar-refractivity contribution in [3.63, 3.8) is 0 Å². The van der Waals surface area contributed by atoms with E-state index in [1.54, 1.807) is 34.1 Å². The number of carbonyl (C=O) groups is 2. The van der Waals surface area contributed by atoms with E-state index in [9.17, 15) is 14.0 Å². The van der Waals surface area contributed by atoms with E-state index in [4.69, 9.17) is 4.74 Å². The van der Waals surface area contributed by atoms with Crippen molar-refractivity contribution in [2.75, 3.05) is 11.9 Å². The van der Waals surface area contributed by atoms with Crippen molar-refractivity contribution in [2.24, 2.45) is 0 Å². The molecule has 2 aromatic carbocycles. The van der Waals surface area contributed by atoms with Gasteiger partial charge in [-0.25, -0.2) is 19.0 Å². The number of anilines is 1. The highest BCUT2D eigenvalue weighted by atomic mass is 79.9. The van der Waals surface area contributed by atoms with Gasteiger partial charge in [-0.1, -0.05) is 24.3 Å². The van der Waals surface area contributed by atoms with Crippen LogP contribution in [-0.4, -0.2) is 55.7 Å². The number of piperidine rings is 1. The van der Waals surface area contributed by atoms with E-state index in [0.29, 0.717) is 37.0 Å². The normalized spacial score (nSPS) is 18.9. The van der Waals surface area contributed by atoms with Crippen molar-refractivity contribution in [1.29, 1.82) is 0 Å². The molecule has 0 saturated carbocycles. The number of nitrogens with one attached hydrogen (secondary N) is 2. The molecule has 1 fully saturated rings. The molecule has 4 aromatic rings. The van der Waals surface area contributed by atoms with Crippen molar-refractivity contribution in [3.8, 4) is 5.88 Å². The maximum atomic E-state index is 14.3. The molecule has 9 nitrogen and oxygen atoms in total. The fraction of sp³-hybridized carbons (Fsp3) is 0.310. The number of rotatable bonds is 5. The lowest BCUT2D eigenvalue weighted by Gasteiger charge is -2.44. The first-order valence-electron chi connectivity index (χ1n) is 13.2. The van der Waals surface area contributed by atoms with Crippen LogP contribution < -0.4 is 10.1 Å². The number of carbonyl (C=O) groups excluding carboxylic acids is 2. The quantitative estimate of drug-likeness (QED) is 0.264. The Kier molecular flexibility index (Phi) is 7.14. The van der Waals surface area contributed by atoms with Crippen LogP contribution in [-0.2, 0) is 13.0 Å². The summed E-state index contributed by atoms with van der Waals surface area (Å²) in [6.45, 7) is 2.78. The highest BCUT2D eigenvalue weighted by molar-refractivity contribution is 9.10. The van der Waals surface area contributed by atoms with Crippen LogP contribution in [0.25, 0.3) is 10.9 Å². The van der Waals surface area contributed by atoms with Gasteiger partial charge in [0.1, 0.15) is 10.4 Å². The van der Waals surface area contributed by atoms with Crippen molar-refractivity contribution in [3.05, 3.63) is 81.8 Å². The molecule has 2 aromatic heterocycles. The Hall–Kier alpha value is -3.99. The zero-order valence-electron chi connectivity index (χ0n) is 21.9. The highest BCUT2D eigenvalue weighted by Gasteiger charge is 2.38. The van der Waals surface area contributed by atoms with E-state index >= 15 is 0 Å². The number of aryl methyl sites for hydroxylation is 2. The topological polar surface area (TPSA) is 103 Å². The predicted molar refractivity (Wildman–Crippen MR) is 152 cm³/mol. The second-order valence-corrected chi connectivity index (χ2v) is 11.1. The molecule has 2 aliphatic rings. The van der Waals surface area contributed by atoms with Gasteiger partial charge in [0, 0.05) is 36.6 Å². The zero-order chi connectivity index (χ0) is 27.8. The minimum atomic E-state index is -0.467. The van der Waals surface area contributed by atoms with Crippen LogP contribution >= 0.6 is 15.9 Å². The van der Waals surface area contributed by atoms with Gasteiger partial charge in [-0.15, -0.1) is 0 Å². The summed E-state index contributed by atoms with van der Waals surface area (Å²) in [5.74, 6) is -0.220. The first kappa shape index (κ1) is 26.2. The number of pyridine rings is 1. The van der Waals surface area contributed by atoms with E-state index in [1.165, 1.54) is 6.07 Å². The van der Waals surface area contributed by atoms with Crippen LogP contribution in [0.4, 0.5) is 19.7 Å². The number of urea groups is 1. The number of fused-ring (bicyclic) bond motifs is 2. The maximum Gasteiger partial charge on any atom is 0.416 e. The SMILES string of the molecule is Cc1cc(CCC2CC(N3Cc4cccc(F)c4NC3=O)CCN2C(=O)Oc2cccc(Br)n2)cc2cn[nH]c12. The molecule has 2 unspecified atom stereocenters. The molecular formula is C29H28BrFN6O3. The van der Waals surface area contributed by atoms with Crippen molar-refractivity contribution >= 4 is 44.6 Å². The molecule has 2 atom stereocenters. The lowest BCUT2D eigenvalue weighted by Crippen LogP contribution is -2.55. The summed E-state index contributed by atoms with van der Waals surface area (Å²) in [7, 11) is 0. The van der Waals surface area contributed by atoms with Crippen LogP contribution in [0.1, 0.15) is 36.0 Å². The van der Waals surface area contributed by atoms with E-state index in [-0.39, 0.29) is 29.7 Å². The van der Waals surface area contributed by atoms with Crippen LogP contribution in [0.15, 0.2) is 59.3 Å². The smallest absolute Gasteiger partial charge is 0.391 e. The Bertz CT molecular complexity index is 1590. The van der Waals surface area contributed by atoms with Gasteiger partial charge in [-0.2, -0.15) is 5.10 Å². The first-order chi connectivity index (χ1) is 19.4. The fourth-order valence-corrected chi connectivity index (χ4v) is 6.11. The zero-order valence-corrected chi connectivity index (χ0v) is 23.4. The van der Waals surface area contributed by atoms with Gasteiger partial charge in [-0.05, 0) is 83.4 Å². The Balaban J connectivity index is 1.22. The van der Waals surface area contributed by atoms with Crippen LogP contribution in [0.3, 0.4) is 0 Å². The number of H-pyrrole nitrogens is 1. The van der Waals surface area contributed by atoms with Gasteiger partial charge >= 0.3 is 12.1 Å². The molecule has 206 valence electrons. The molecular weight excluding hydrogens is 579 g/mol. The molecule has 0 bridgehead atoms. The second-order valence-electron chi connectivity index (χ2n) is 10.3. The molecule has 3 amide bonds. The molecule has 40 heavy (non-hydrogen) atoms. The Labute approximate surface area is 238 Å². The summed E-state index contributed by atoms with van der Waals surface area (Å²) in [6, 6.07) is 13.6. The van der Waals surface area contributed by atoms with Gasteiger partial charge in [0.15, 0.2) is 0 Å². The molecule has 1 saturated heterocycles. The summed E-state index contributed by atoms with van der Waals surface area (Å²) in [4.78, 5) is 34.1. The summed E-state index contributed by atoms with van der Waals surface area (Å²) in [6.07, 6.45) is 3.92. The monoisotopic (exact) mass is 606 g/mol. The number of halogens is 2. The third kappa shape index (κ3) is 5.25. The molecule has 0 radical (unpaired) electrons. The Morgan fingerprint density at radius 2 is 2.08 bits per heavy atom. The number of ether oxygens (including phenoxy) is 1. The number of hydrogen-bond donors (Lipinski definition) is 2. The second kappa shape index (κ2) is 10.9. The fourth-order valence-electron chi connectivity index (χ4n) is 5.78. The van der Waals surface area contributed by atoms with Crippen molar-refractivity contribution in [2.45, 2.75) is 51.2 Å². The Morgan fingerprint density at radius 1 is 1.23 bits per heavy atom. The average molecular weight is 607 g/mol. The summed E-state index contributed by atoms with van der Waals surface area (Å²) >= 11 is 3.31. The van der Waals surface area contributed by atoms with Crippen molar-refractivity contribution in [1.82, 2.24) is 25.0 Å². The number of hydrogen-bond acceptors (Lipinski definition) is 5. The Morgan fingerprint density at radius 3 is 2.92 bits per heavy atom. The average Bonchev–Trinajstić information content (AvgIpc) is 3.41. The molecule has 0 aliphatic carbocycles. The number of aromatic nitrogens is 3. The standard InChI is InChI=1S/C29H28BrFN6O3/c1-17-12-18(13-20-15-32-35-26(17)20)8-9-21-14-22(37-16-19-4-2-5-23(31)27(19)34-28(37)38)10-11-36(21)29(39)40-25-7-3-6-24(30)33-25/h2-7,12-13,15,21-22H,8-11,14,16H2,1H3,(H,32,35)(H,34,38). The summed E-state index contributed by atoms with van der Waals surface area (Å²) < 4.78 is 20.5. The van der Waals surface area contributed by atoms with Crippen LogP contribution in [0.2, 0.25) is 0 Å². The maximum absolute atomic E-state index is 14.3. The van der Waals surface area contributed by atoms with Gasteiger partial charge < -0.3 is 19.9 Å². The number of para-hydroxylation sites is 1. The third-order valence-electron chi connectivity index (χ3n) is 7.75. The molecule has 4 heterocycles. The van der Waals surface area contributed by atoms with Crippen LogP contribution in [0, 0.1) is 12.7 Å². The number of likely N-dealkylation sites (tertiary alicyclic amines) is 1. The lowest BCUT2D eigenvalue weighted by atomic mass is 9.90. The third-order valence-corrected chi connectivity index (χ3v) is 8.19. The van der Waals surface area contributed by atoms with E-state index in [2.05, 4.69) is 48.6 Å². The number of nitrogens with zero attached hydrogens (tertiary/aromatic N) is 4. The predicted octanol–water partition coefficient (Wildman–Crippen LogP) is 6.18. The molecule has 11 heteroatoms. The van der Waals surface area contributed by atoms with Gasteiger partial charge in [0.2, 0.25) is 5.88 Å². The van der Waals surface area contributed by atoms with Crippen LogP contribution in [0.5, 0.6) is 5.88 Å². The van der Waals surface area contributed by atoms with E-state index in [1.807, 2.05) is 19.2 Å². The minimum Gasteiger partial charge on any atom is -0.391 e. The molecule has 0 spiro atoms. The summed E-state index contributed by atoms with van der Waals surface area (Å²) in [5.41, 5.74) is 4.26. The molecule has 2 aliphatic heterocycles. The van der Waals surface area contributed by atoms with Crippen molar-refractivity contribution < 1.29 is 18.7 Å². The van der Waals surface area contributed by atoms with Gasteiger partial charge in [-0.3, -0.25) is 5.10 Å². The largest absolute Gasteiger partial charge is 0.416 e. The number of aromatic amines is 1. The minimum absolute atomic E-state index is 0.118. The number of amides is 3. The van der Waals surface area contributed by atoms with E-state index < -0.39 is 11.9 Å². The molecule has 2 N–H and O–H groups in total. The number of benzene rings is 2. The lowest BCUT2D eigenvalue weighted by molar-refractivity contribution is 0.0712. The summed E-state index contributed by atoms with van der Waals surface area (Å²) in [5, 5.41) is 11.0. The van der Waals surface area contributed by atoms with Gasteiger partial charge in [0.25, 0.3) is 0 Å². The van der Waals surface area contributed by atoms with Gasteiger partial charge in [0.05, 0.1) is 17.4 Å². The highest BCUT2D eigenvalue weighted by Crippen LogP contribution is 2.33.